The minimum Gasteiger partial charge on any atom is -0.352 e. The molecule has 3 rings (SSSR count). The molecule has 0 aliphatic heterocycles. The molecule has 0 bridgehead atoms. The van der Waals surface area contributed by atoms with Crippen molar-refractivity contribution >= 4 is 35.0 Å². The highest BCUT2D eigenvalue weighted by atomic mass is 35.5. The highest BCUT2D eigenvalue weighted by Gasteiger charge is 2.28. The standard InChI is InChI=1S/C24H28Cl2N2O2/c1-17(24(30)27-21-9-5-6-10-21)28(14-13-18-7-3-2-4-8-18)23(29)15-19-11-12-20(25)16-22(19)26/h2-4,7-8,11-12,16-17,21H,5-6,9-10,13-15H2,1H3,(H,27,30)/t17-/m0/s1. The summed E-state index contributed by atoms with van der Waals surface area (Å²) in [5, 5.41) is 4.11. The number of carbonyl (C=O) groups excluding carboxylic acids is 2. The smallest absolute Gasteiger partial charge is 0.242 e. The van der Waals surface area contributed by atoms with Gasteiger partial charge in [-0.2, -0.15) is 0 Å². The molecule has 2 aromatic carbocycles. The summed E-state index contributed by atoms with van der Waals surface area (Å²) in [6, 6.07) is 14.8. The van der Waals surface area contributed by atoms with Gasteiger partial charge in [0.1, 0.15) is 6.04 Å². The molecule has 2 amide bonds. The van der Waals surface area contributed by atoms with Gasteiger partial charge in [0.25, 0.3) is 0 Å². The first-order valence-corrected chi connectivity index (χ1v) is 11.3. The molecule has 0 aromatic heterocycles. The van der Waals surface area contributed by atoms with Gasteiger partial charge in [-0.1, -0.05) is 72.4 Å². The molecule has 6 heteroatoms. The molecule has 1 aliphatic rings. The first-order chi connectivity index (χ1) is 14.4. The Morgan fingerprint density at radius 1 is 1.10 bits per heavy atom. The second kappa shape index (κ2) is 10.8. The molecule has 1 saturated carbocycles. The van der Waals surface area contributed by atoms with E-state index in [1.54, 1.807) is 30.0 Å². The molecule has 0 radical (unpaired) electrons. The second-order valence-electron chi connectivity index (χ2n) is 7.90. The number of halogens is 2. The van der Waals surface area contributed by atoms with Crippen LogP contribution in [0.4, 0.5) is 0 Å². The minimum absolute atomic E-state index is 0.0921. The third-order valence-electron chi connectivity index (χ3n) is 5.71. The Balaban J connectivity index is 1.72. The lowest BCUT2D eigenvalue weighted by Crippen LogP contribution is -2.51. The number of benzene rings is 2. The second-order valence-corrected chi connectivity index (χ2v) is 8.74. The van der Waals surface area contributed by atoms with Gasteiger partial charge in [0.05, 0.1) is 6.42 Å². The molecule has 0 saturated heterocycles. The van der Waals surface area contributed by atoms with Crippen molar-refractivity contribution in [2.24, 2.45) is 0 Å². The van der Waals surface area contributed by atoms with Crippen molar-refractivity contribution in [1.82, 2.24) is 10.2 Å². The number of nitrogens with zero attached hydrogens (tertiary/aromatic N) is 1. The Morgan fingerprint density at radius 3 is 2.47 bits per heavy atom. The van der Waals surface area contributed by atoms with Crippen LogP contribution in [-0.4, -0.2) is 35.3 Å². The fourth-order valence-electron chi connectivity index (χ4n) is 3.89. The SMILES string of the molecule is C[C@@H](C(=O)NC1CCCC1)N(CCc1ccccc1)C(=O)Cc1ccc(Cl)cc1Cl. The van der Waals surface area contributed by atoms with Gasteiger partial charge in [-0.25, -0.2) is 0 Å². The van der Waals surface area contributed by atoms with E-state index in [9.17, 15) is 9.59 Å². The Labute approximate surface area is 188 Å². The van der Waals surface area contributed by atoms with Crippen molar-refractivity contribution in [2.75, 3.05) is 6.54 Å². The van der Waals surface area contributed by atoms with E-state index < -0.39 is 6.04 Å². The van der Waals surface area contributed by atoms with Gasteiger partial charge >= 0.3 is 0 Å². The summed E-state index contributed by atoms with van der Waals surface area (Å²) in [6.07, 6.45) is 5.12. The van der Waals surface area contributed by atoms with Gasteiger partial charge in [-0.15, -0.1) is 0 Å². The van der Waals surface area contributed by atoms with Gasteiger partial charge in [0.15, 0.2) is 0 Å². The van der Waals surface area contributed by atoms with Crippen LogP contribution in [0, 0.1) is 0 Å². The average molecular weight is 447 g/mol. The van der Waals surface area contributed by atoms with E-state index in [4.69, 9.17) is 23.2 Å². The van der Waals surface area contributed by atoms with Crippen molar-refractivity contribution in [3.63, 3.8) is 0 Å². The minimum atomic E-state index is -0.548. The average Bonchev–Trinajstić information content (AvgIpc) is 3.24. The van der Waals surface area contributed by atoms with Gasteiger partial charge in [0, 0.05) is 22.6 Å². The van der Waals surface area contributed by atoms with Crippen LogP contribution in [0.3, 0.4) is 0 Å². The van der Waals surface area contributed by atoms with Gasteiger partial charge in [-0.3, -0.25) is 9.59 Å². The molecule has 0 unspecified atom stereocenters. The molecule has 0 heterocycles. The number of hydrogen-bond acceptors (Lipinski definition) is 2. The molecule has 1 N–H and O–H groups in total. The number of carbonyl (C=O) groups is 2. The lowest BCUT2D eigenvalue weighted by molar-refractivity contribution is -0.139. The van der Waals surface area contributed by atoms with E-state index in [1.165, 1.54) is 0 Å². The largest absolute Gasteiger partial charge is 0.352 e. The van der Waals surface area contributed by atoms with Crippen molar-refractivity contribution in [1.29, 1.82) is 0 Å². The molecule has 1 fully saturated rings. The fourth-order valence-corrected chi connectivity index (χ4v) is 4.37. The molecule has 2 aromatic rings. The number of hydrogen-bond donors (Lipinski definition) is 1. The van der Waals surface area contributed by atoms with E-state index >= 15 is 0 Å². The van der Waals surface area contributed by atoms with Crippen molar-refractivity contribution < 1.29 is 9.59 Å². The molecular formula is C24H28Cl2N2O2. The predicted molar refractivity (Wildman–Crippen MR) is 122 cm³/mol. The van der Waals surface area contributed by atoms with Gasteiger partial charge in [-0.05, 0) is 49.4 Å². The monoisotopic (exact) mass is 446 g/mol. The zero-order valence-electron chi connectivity index (χ0n) is 17.2. The molecule has 0 spiro atoms. The summed E-state index contributed by atoms with van der Waals surface area (Å²) in [4.78, 5) is 27.7. The van der Waals surface area contributed by atoms with E-state index in [2.05, 4.69) is 5.32 Å². The van der Waals surface area contributed by atoms with E-state index in [-0.39, 0.29) is 24.3 Å². The van der Waals surface area contributed by atoms with E-state index in [0.29, 0.717) is 28.6 Å². The lowest BCUT2D eigenvalue weighted by Gasteiger charge is -2.30. The fraction of sp³-hybridized carbons (Fsp3) is 0.417. The van der Waals surface area contributed by atoms with Crippen LogP contribution in [0.1, 0.15) is 43.7 Å². The van der Waals surface area contributed by atoms with Crippen molar-refractivity contribution in [3.05, 3.63) is 69.7 Å². The summed E-state index contributed by atoms with van der Waals surface area (Å²) >= 11 is 12.2. The molecule has 4 nitrogen and oxygen atoms in total. The highest BCUT2D eigenvalue weighted by molar-refractivity contribution is 6.35. The summed E-state index contributed by atoms with van der Waals surface area (Å²) in [7, 11) is 0. The van der Waals surface area contributed by atoms with Crippen LogP contribution in [0.25, 0.3) is 0 Å². The highest BCUT2D eigenvalue weighted by Crippen LogP contribution is 2.23. The van der Waals surface area contributed by atoms with Gasteiger partial charge < -0.3 is 10.2 Å². The Kier molecular flexibility index (Phi) is 8.17. The third kappa shape index (κ3) is 6.23. The summed E-state index contributed by atoms with van der Waals surface area (Å²) in [5.74, 6) is -0.213. The van der Waals surface area contributed by atoms with Crippen LogP contribution in [0.5, 0.6) is 0 Å². The van der Waals surface area contributed by atoms with Crippen LogP contribution >= 0.6 is 23.2 Å². The molecule has 160 valence electrons. The number of rotatable bonds is 8. The molecule has 1 atom stereocenters. The van der Waals surface area contributed by atoms with Crippen molar-refractivity contribution in [2.45, 2.75) is 57.5 Å². The quantitative estimate of drug-likeness (QED) is 0.616. The maximum Gasteiger partial charge on any atom is 0.242 e. The zero-order valence-corrected chi connectivity index (χ0v) is 18.8. The van der Waals surface area contributed by atoms with Crippen molar-refractivity contribution in [3.8, 4) is 0 Å². The summed E-state index contributed by atoms with van der Waals surface area (Å²) in [6.45, 7) is 2.27. The number of amides is 2. The van der Waals surface area contributed by atoms with E-state index in [1.807, 2.05) is 30.3 Å². The molecule has 30 heavy (non-hydrogen) atoms. The normalized spacial score (nSPS) is 15.0. The Morgan fingerprint density at radius 2 is 1.80 bits per heavy atom. The lowest BCUT2D eigenvalue weighted by atomic mass is 10.1. The van der Waals surface area contributed by atoms with Crippen LogP contribution < -0.4 is 5.32 Å². The molecular weight excluding hydrogens is 419 g/mol. The maximum atomic E-state index is 13.2. The molecule has 1 aliphatic carbocycles. The number of nitrogens with one attached hydrogen (secondary N) is 1. The first-order valence-electron chi connectivity index (χ1n) is 10.5. The zero-order chi connectivity index (χ0) is 21.5. The third-order valence-corrected chi connectivity index (χ3v) is 6.30. The van der Waals surface area contributed by atoms with Crippen LogP contribution in [-0.2, 0) is 22.4 Å². The Bertz CT molecular complexity index is 867. The van der Waals surface area contributed by atoms with E-state index in [0.717, 1.165) is 31.2 Å². The first kappa shape index (κ1) is 22.6. The Hall–Kier alpha value is -2.04. The van der Waals surface area contributed by atoms with Gasteiger partial charge in [0.2, 0.25) is 11.8 Å². The summed E-state index contributed by atoms with van der Waals surface area (Å²) in [5.41, 5.74) is 1.84. The van der Waals surface area contributed by atoms with Crippen LogP contribution in [0.15, 0.2) is 48.5 Å². The maximum absolute atomic E-state index is 13.2. The predicted octanol–water partition coefficient (Wildman–Crippen LogP) is 5.05. The van der Waals surface area contributed by atoms with Crippen LogP contribution in [0.2, 0.25) is 10.0 Å². The topological polar surface area (TPSA) is 49.4 Å². The summed E-state index contributed by atoms with van der Waals surface area (Å²) < 4.78 is 0.